The number of anilines is 1. The smallest absolute Gasteiger partial charge is 0.274 e. The summed E-state index contributed by atoms with van der Waals surface area (Å²) in [5.41, 5.74) is 7.04. The molecule has 1 aliphatic rings. The number of carbonyl (C=O) groups is 1. The normalized spacial score (nSPS) is 13.3. The van der Waals surface area contributed by atoms with Crippen LogP contribution < -0.4 is 11.1 Å². The van der Waals surface area contributed by atoms with E-state index in [1.165, 1.54) is 12.8 Å². The van der Waals surface area contributed by atoms with Gasteiger partial charge in [0.2, 0.25) is 0 Å². The van der Waals surface area contributed by atoms with Crippen LogP contribution in [0.3, 0.4) is 0 Å². The minimum atomic E-state index is -0.402. The van der Waals surface area contributed by atoms with E-state index in [9.17, 15) is 4.79 Å². The van der Waals surface area contributed by atoms with Crippen LogP contribution in [0.25, 0.3) is 5.57 Å². The molecule has 1 heterocycles. The third-order valence-electron chi connectivity index (χ3n) is 2.64. The van der Waals surface area contributed by atoms with Crippen molar-refractivity contribution in [2.45, 2.75) is 19.8 Å². The van der Waals surface area contributed by atoms with Crippen molar-refractivity contribution in [1.82, 2.24) is 0 Å². The van der Waals surface area contributed by atoms with Crippen molar-refractivity contribution in [3.8, 4) is 0 Å². The molecule has 2 rings (SSSR count). The van der Waals surface area contributed by atoms with Gasteiger partial charge in [0.05, 0.1) is 5.69 Å². The van der Waals surface area contributed by atoms with Gasteiger partial charge in [0.25, 0.3) is 5.91 Å². The third kappa shape index (κ3) is 4.01. The predicted molar refractivity (Wildman–Crippen MR) is 83.5 cm³/mol. The fraction of sp³-hybridized carbons (Fsp3) is 0.286. The van der Waals surface area contributed by atoms with E-state index in [4.69, 9.17) is 11.1 Å². The van der Waals surface area contributed by atoms with Gasteiger partial charge in [-0.2, -0.15) is 0 Å². The Morgan fingerprint density at radius 1 is 1.47 bits per heavy atom. The van der Waals surface area contributed by atoms with Crippen LogP contribution in [0.5, 0.6) is 0 Å². The lowest BCUT2D eigenvalue weighted by Gasteiger charge is -2.19. The van der Waals surface area contributed by atoms with Crippen molar-refractivity contribution in [1.29, 1.82) is 5.41 Å². The number of benzene rings is 1. The molecule has 0 radical (unpaired) electrons. The molecule has 102 valence electrons. The fourth-order valence-electron chi connectivity index (χ4n) is 1.54. The number of halogens is 1. The molecular formula is C14H18BrN3O. The van der Waals surface area contributed by atoms with Crippen LogP contribution in [-0.4, -0.2) is 18.2 Å². The first kappa shape index (κ1) is 15.6. The van der Waals surface area contributed by atoms with E-state index in [1.54, 1.807) is 6.07 Å². The van der Waals surface area contributed by atoms with Gasteiger partial charge in [0.15, 0.2) is 0 Å². The fourth-order valence-corrected chi connectivity index (χ4v) is 1.90. The minimum absolute atomic E-state index is 0.0696. The molecule has 0 aromatic heterocycles. The molecule has 0 fully saturated rings. The summed E-state index contributed by atoms with van der Waals surface area (Å²) in [5, 5.41) is 10.1. The number of nitrogens with one attached hydrogen (secondary N) is 2. The van der Waals surface area contributed by atoms with Crippen molar-refractivity contribution >= 4 is 38.8 Å². The average molecular weight is 324 g/mol. The van der Waals surface area contributed by atoms with Gasteiger partial charge in [0.1, 0.15) is 5.71 Å². The standard InChI is InChI=1S/C10H7BrN2O.C4H11N/c1-5-7-3-2-6(11)4-8(7)13-10(14)9(5)12;1-2-3-4-5/h2-4,12H,1H2,(H,13,14);2-5H2,1H3. The lowest BCUT2D eigenvalue weighted by molar-refractivity contribution is -0.110. The molecule has 5 heteroatoms. The van der Waals surface area contributed by atoms with Crippen LogP contribution in [-0.2, 0) is 4.79 Å². The number of carbonyl (C=O) groups excluding carboxylic acids is 1. The Morgan fingerprint density at radius 2 is 2.16 bits per heavy atom. The second-order valence-electron chi connectivity index (χ2n) is 4.14. The van der Waals surface area contributed by atoms with Gasteiger partial charge in [-0.25, -0.2) is 0 Å². The Bertz CT molecular complexity index is 509. The van der Waals surface area contributed by atoms with Gasteiger partial charge in [-0.05, 0) is 25.1 Å². The Morgan fingerprint density at radius 3 is 2.68 bits per heavy atom. The lowest BCUT2D eigenvalue weighted by Crippen LogP contribution is -2.28. The van der Waals surface area contributed by atoms with Crippen LogP contribution in [0.1, 0.15) is 25.3 Å². The Kier molecular flexibility index (Phi) is 5.92. The first-order valence-corrected chi connectivity index (χ1v) is 6.89. The van der Waals surface area contributed by atoms with Crippen LogP contribution >= 0.6 is 15.9 Å². The summed E-state index contributed by atoms with van der Waals surface area (Å²) in [5.74, 6) is -0.402. The summed E-state index contributed by atoms with van der Waals surface area (Å²) in [6, 6.07) is 5.48. The first-order chi connectivity index (χ1) is 9.01. The zero-order chi connectivity index (χ0) is 14.4. The van der Waals surface area contributed by atoms with Crippen molar-refractivity contribution in [3.05, 3.63) is 34.8 Å². The third-order valence-corrected chi connectivity index (χ3v) is 3.13. The van der Waals surface area contributed by atoms with Crippen molar-refractivity contribution in [3.63, 3.8) is 0 Å². The second kappa shape index (κ2) is 7.21. The van der Waals surface area contributed by atoms with E-state index >= 15 is 0 Å². The molecule has 19 heavy (non-hydrogen) atoms. The summed E-state index contributed by atoms with van der Waals surface area (Å²) in [7, 11) is 0. The van der Waals surface area contributed by atoms with Crippen LogP contribution in [0.15, 0.2) is 29.3 Å². The van der Waals surface area contributed by atoms with Crippen molar-refractivity contribution in [2.75, 3.05) is 11.9 Å². The minimum Gasteiger partial charge on any atom is -0.330 e. The molecule has 1 aliphatic heterocycles. The first-order valence-electron chi connectivity index (χ1n) is 6.10. The molecule has 0 saturated carbocycles. The molecule has 1 amide bonds. The zero-order valence-electron chi connectivity index (χ0n) is 10.9. The summed E-state index contributed by atoms with van der Waals surface area (Å²) < 4.78 is 0.887. The molecule has 0 atom stereocenters. The van der Waals surface area contributed by atoms with Gasteiger partial charge in [-0.3, -0.25) is 10.2 Å². The van der Waals surface area contributed by atoms with Crippen molar-refractivity contribution in [2.24, 2.45) is 5.73 Å². The van der Waals surface area contributed by atoms with Gasteiger partial charge in [-0.1, -0.05) is 41.9 Å². The molecule has 0 saturated heterocycles. The Balaban J connectivity index is 0.000000312. The quantitative estimate of drug-likeness (QED) is 0.781. The number of hydrogen-bond donors (Lipinski definition) is 3. The zero-order valence-corrected chi connectivity index (χ0v) is 12.5. The molecular weight excluding hydrogens is 306 g/mol. The monoisotopic (exact) mass is 323 g/mol. The van der Waals surface area contributed by atoms with Gasteiger partial charge in [-0.15, -0.1) is 0 Å². The van der Waals surface area contributed by atoms with E-state index in [-0.39, 0.29) is 5.71 Å². The van der Waals surface area contributed by atoms with E-state index < -0.39 is 5.91 Å². The number of nitrogens with two attached hydrogens (primary N) is 1. The molecule has 0 bridgehead atoms. The lowest BCUT2D eigenvalue weighted by atomic mass is 9.97. The topological polar surface area (TPSA) is 79.0 Å². The Labute approximate surface area is 121 Å². The molecule has 0 spiro atoms. The summed E-state index contributed by atoms with van der Waals surface area (Å²) in [6.07, 6.45) is 2.39. The maximum absolute atomic E-state index is 11.3. The molecule has 4 N–H and O–H groups in total. The molecule has 1 aromatic rings. The predicted octanol–water partition coefficient (Wildman–Crippen LogP) is 3.18. The summed E-state index contributed by atoms with van der Waals surface area (Å²) >= 11 is 3.31. The Hall–Kier alpha value is -1.46. The number of unbranched alkanes of at least 4 members (excludes halogenated alkanes) is 1. The molecule has 4 nitrogen and oxygen atoms in total. The van der Waals surface area contributed by atoms with Crippen LogP contribution in [0.4, 0.5) is 5.69 Å². The summed E-state index contributed by atoms with van der Waals surface area (Å²) in [6.45, 7) is 6.69. The maximum Gasteiger partial charge on any atom is 0.274 e. The highest BCUT2D eigenvalue weighted by Gasteiger charge is 2.23. The van der Waals surface area contributed by atoms with E-state index in [0.717, 1.165) is 16.6 Å². The summed E-state index contributed by atoms with van der Waals surface area (Å²) in [4.78, 5) is 11.3. The van der Waals surface area contributed by atoms with Gasteiger partial charge in [0, 0.05) is 15.6 Å². The average Bonchev–Trinajstić information content (AvgIpc) is 2.37. The van der Waals surface area contributed by atoms with Crippen molar-refractivity contribution < 1.29 is 4.79 Å². The highest BCUT2D eigenvalue weighted by Crippen LogP contribution is 2.30. The van der Waals surface area contributed by atoms with Crippen LogP contribution in [0, 0.1) is 5.41 Å². The van der Waals surface area contributed by atoms with E-state index in [2.05, 4.69) is 34.7 Å². The molecule has 1 aromatic carbocycles. The molecule has 0 aliphatic carbocycles. The van der Waals surface area contributed by atoms with Gasteiger partial charge >= 0.3 is 0 Å². The highest BCUT2D eigenvalue weighted by atomic mass is 79.9. The van der Waals surface area contributed by atoms with Gasteiger partial charge < -0.3 is 11.1 Å². The largest absolute Gasteiger partial charge is 0.330 e. The van der Waals surface area contributed by atoms with E-state index in [1.807, 2.05) is 12.1 Å². The van der Waals surface area contributed by atoms with E-state index in [0.29, 0.717) is 11.3 Å². The molecule has 0 unspecified atom stereocenters. The second-order valence-corrected chi connectivity index (χ2v) is 5.06. The maximum atomic E-state index is 11.3. The van der Waals surface area contributed by atoms with Crippen LogP contribution in [0.2, 0.25) is 0 Å². The highest BCUT2D eigenvalue weighted by molar-refractivity contribution is 9.10. The number of hydrogen-bond acceptors (Lipinski definition) is 3. The number of rotatable bonds is 2. The number of fused-ring (bicyclic) bond motifs is 1. The SMILES string of the molecule is C=C1C(=N)C(=O)Nc2cc(Br)ccc21.CCCCN. The number of amides is 1.